The van der Waals surface area contributed by atoms with Gasteiger partial charge < -0.3 is 14.9 Å². The van der Waals surface area contributed by atoms with Crippen molar-refractivity contribution in [1.29, 1.82) is 0 Å². The SMILES string of the molecule is CCCCCCCCCCCCN1C=CN(CC(=O)O)C1C. The Labute approximate surface area is 136 Å². The van der Waals surface area contributed by atoms with Crippen molar-refractivity contribution in [3.05, 3.63) is 12.4 Å². The predicted octanol–water partition coefficient (Wildman–Crippen LogP) is 4.43. The fourth-order valence-corrected chi connectivity index (χ4v) is 3.00. The summed E-state index contributed by atoms with van der Waals surface area (Å²) in [6, 6.07) is 0. The van der Waals surface area contributed by atoms with Gasteiger partial charge in [-0.05, 0) is 13.3 Å². The van der Waals surface area contributed by atoms with Gasteiger partial charge in [0.05, 0.1) is 6.17 Å². The Morgan fingerprint density at radius 2 is 1.41 bits per heavy atom. The van der Waals surface area contributed by atoms with Gasteiger partial charge in [0, 0.05) is 18.9 Å². The summed E-state index contributed by atoms with van der Waals surface area (Å²) in [7, 11) is 0. The molecule has 1 aliphatic rings. The third-order valence-electron chi connectivity index (χ3n) is 4.50. The maximum atomic E-state index is 10.8. The molecular weight excluding hydrogens is 276 g/mol. The van der Waals surface area contributed by atoms with E-state index in [9.17, 15) is 4.79 Å². The molecule has 0 saturated carbocycles. The molecule has 0 aliphatic carbocycles. The molecule has 128 valence electrons. The molecule has 0 fully saturated rings. The highest BCUT2D eigenvalue weighted by Gasteiger charge is 2.22. The quantitative estimate of drug-likeness (QED) is 0.511. The van der Waals surface area contributed by atoms with Crippen LogP contribution in [-0.2, 0) is 4.79 Å². The average Bonchev–Trinajstić information content (AvgIpc) is 2.81. The number of carboxylic acids is 1. The summed E-state index contributed by atoms with van der Waals surface area (Å²) < 4.78 is 0. The summed E-state index contributed by atoms with van der Waals surface area (Å²) in [5.41, 5.74) is 0. The van der Waals surface area contributed by atoms with Crippen molar-refractivity contribution in [2.24, 2.45) is 0 Å². The van der Waals surface area contributed by atoms with Crippen molar-refractivity contribution >= 4 is 5.97 Å². The lowest BCUT2D eigenvalue weighted by Crippen LogP contribution is -2.38. The second-order valence-electron chi connectivity index (χ2n) is 6.42. The fraction of sp³-hybridized carbons (Fsp3) is 0.833. The van der Waals surface area contributed by atoms with Crippen molar-refractivity contribution < 1.29 is 9.90 Å². The van der Waals surface area contributed by atoms with Crippen molar-refractivity contribution in [1.82, 2.24) is 9.80 Å². The molecule has 0 saturated heterocycles. The Morgan fingerprint density at radius 1 is 0.909 bits per heavy atom. The Balaban J connectivity index is 1.95. The molecule has 0 aromatic rings. The number of carboxylic acid groups (broad SMARTS) is 1. The zero-order chi connectivity index (χ0) is 16.2. The van der Waals surface area contributed by atoms with E-state index in [-0.39, 0.29) is 12.7 Å². The minimum atomic E-state index is -0.766. The van der Waals surface area contributed by atoms with Crippen molar-refractivity contribution in [2.45, 2.75) is 84.2 Å². The van der Waals surface area contributed by atoms with E-state index in [1.807, 2.05) is 17.3 Å². The molecule has 1 heterocycles. The topological polar surface area (TPSA) is 43.8 Å². The molecule has 0 amide bonds. The molecule has 1 unspecified atom stereocenters. The van der Waals surface area contributed by atoms with E-state index in [4.69, 9.17) is 5.11 Å². The van der Waals surface area contributed by atoms with Gasteiger partial charge in [-0.2, -0.15) is 0 Å². The Hall–Kier alpha value is -1.19. The molecule has 22 heavy (non-hydrogen) atoms. The summed E-state index contributed by atoms with van der Waals surface area (Å²) in [4.78, 5) is 14.9. The summed E-state index contributed by atoms with van der Waals surface area (Å²) in [5.74, 6) is -0.766. The summed E-state index contributed by atoms with van der Waals surface area (Å²) >= 11 is 0. The first-order chi connectivity index (χ1) is 10.6. The van der Waals surface area contributed by atoms with Gasteiger partial charge in [-0.1, -0.05) is 64.7 Å². The highest BCUT2D eigenvalue weighted by atomic mass is 16.4. The monoisotopic (exact) mass is 310 g/mol. The van der Waals surface area contributed by atoms with Gasteiger partial charge in [0.2, 0.25) is 0 Å². The van der Waals surface area contributed by atoms with Crippen LogP contribution < -0.4 is 0 Å². The second kappa shape index (κ2) is 11.4. The number of nitrogens with zero attached hydrogens (tertiary/aromatic N) is 2. The molecular formula is C18H34N2O2. The molecule has 1 rings (SSSR count). The third-order valence-corrected chi connectivity index (χ3v) is 4.50. The maximum Gasteiger partial charge on any atom is 0.323 e. The number of aliphatic carboxylic acids is 1. The molecule has 0 spiro atoms. The van der Waals surface area contributed by atoms with Crippen LogP contribution in [0.15, 0.2) is 12.4 Å². The molecule has 4 nitrogen and oxygen atoms in total. The van der Waals surface area contributed by atoms with Crippen LogP contribution >= 0.6 is 0 Å². The molecule has 0 aromatic carbocycles. The van der Waals surface area contributed by atoms with Gasteiger partial charge in [-0.15, -0.1) is 0 Å². The van der Waals surface area contributed by atoms with Crippen LogP contribution in [0.4, 0.5) is 0 Å². The van der Waals surface area contributed by atoms with E-state index in [1.165, 1.54) is 64.2 Å². The number of rotatable bonds is 13. The zero-order valence-corrected chi connectivity index (χ0v) is 14.5. The van der Waals surface area contributed by atoms with Crippen molar-refractivity contribution in [3.63, 3.8) is 0 Å². The highest BCUT2D eigenvalue weighted by molar-refractivity contribution is 5.69. The third kappa shape index (κ3) is 7.71. The van der Waals surface area contributed by atoms with Gasteiger partial charge in [0.1, 0.15) is 6.54 Å². The molecule has 0 bridgehead atoms. The van der Waals surface area contributed by atoms with Gasteiger partial charge in [0.25, 0.3) is 0 Å². The summed E-state index contributed by atoms with van der Waals surface area (Å²) in [6.45, 7) is 5.45. The standard InChI is InChI=1S/C18H34N2O2/c1-3-4-5-6-7-8-9-10-11-12-13-19-14-15-20(17(19)2)16-18(21)22/h14-15,17H,3-13,16H2,1-2H3,(H,21,22). The van der Waals surface area contributed by atoms with Crippen molar-refractivity contribution in [2.75, 3.05) is 13.1 Å². The molecule has 4 heteroatoms. The smallest absolute Gasteiger partial charge is 0.323 e. The normalized spacial score (nSPS) is 17.5. The van der Waals surface area contributed by atoms with E-state index in [0.29, 0.717) is 0 Å². The van der Waals surface area contributed by atoms with Crippen LogP contribution in [-0.4, -0.2) is 40.1 Å². The molecule has 0 aromatic heterocycles. The summed E-state index contributed by atoms with van der Waals surface area (Å²) in [5, 5.41) is 8.85. The molecule has 1 aliphatic heterocycles. The van der Waals surface area contributed by atoms with E-state index >= 15 is 0 Å². The maximum absolute atomic E-state index is 10.8. The van der Waals surface area contributed by atoms with Crippen LogP contribution in [0, 0.1) is 0 Å². The van der Waals surface area contributed by atoms with Gasteiger partial charge in [0.15, 0.2) is 0 Å². The second-order valence-corrected chi connectivity index (χ2v) is 6.42. The van der Waals surface area contributed by atoms with E-state index in [1.54, 1.807) is 0 Å². The highest BCUT2D eigenvalue weighted by Crippen LogP contribution is 2.17. The first kappa shape index (κ1) is 18.9. The average molecular weight is 310 g/mol. The first-order valence-corrected chi connectivity index (χ1v) is 9.06. The van der Waals surface area contributed by atoms with Crippen LogP contribution in [0.2, 0.25) is 0 Å². The number of hydrogen-bond acceptors (Lipinski definition) is 3. The molecule has 1 N–H and O–H groups in total. The fourth-order valence-electron chi connectivity index (χ4n) is 3.00. The van der Waals surface area contributed by atoms with E-state index in [2.05, 4.69) is 18.7 Å². The zero-order valence-electron chi connectivity index (χ0n) is 14.5. The molecule has 0 radical (unpaired) electrons. The Bertz CT molecular complexity index is 331. The van der Waals surface area contributed by atoms with Crippen molar-refractivity contribution in [3.8, 4) is 0 Å². The van der Waals surface area contributed by atoms with Crippen LogP contribution in [0.25, 0.3) is 0 Å². The lowest BCUT2D eigenvalue weighted by molar-refractivity contribution is -0.138. The van der Waals surface area contributed by atoms with Gasteiger partial charge in [-0.3, -0.25) is 4.79 Å². The van der Waals surface area contributed by atoms with Gasteiger partial charge in [-0.25, -0.2) is 0 Å². The number of carbonyl (C=O) groups is 1. The van der Waals surface area contributed by atoms with Crippen LogP contribution in [0.3, 0.4) is 0 Å². The van der Waals surface area contributed by atoms with E-state index in [0.717, 1.165) is 6.54 Å². The first-order valence-electron chi connectivity index (χ1n) is 9.06. The minimum Gasteiger partial charge on any atom is -0.480 e. The van der Waals surface area contributed by atoms with E-state index < -0.39 is 5.97 Å². The minimum absolute atomic E-state index is 0.0895. The predicted molar refractivity (Wildman–Crippen MR) is 91.5 cm³/mol. The molecule has 1 atom stereocenters. The van der Waals surface area contributed by atoms with Gasteiger partial charge >= 0.3 is 5.97 Å². The van der Waals surface area contributed by atoms with Crippen LogP contribution in [0.1, 0.15) is 78.1 Å². The Morgan fingerprint density at radius 3 is 1.95 bits per heavy atom. The Kier molecular flexibility index (Phi) is 9.76. The largest absolute Gasteiger partial charge is 0.480 e. The number of unbranched alkanes of at least 4 members (excludes halogenated alkanes) is 9. The lowest BCUT2D eigenvalue weighted by atomic mass is 10.1. The summed E-state index contributed by atoms with van der Waals surface area (Å²) in [6.07, 6.45) is 17.6. The van der Waals surface area contributed by atoms with Crippen LogP contribution in [0.5, 0.6) is 0 Å². The number of hydrogen-bond donors (Lipinski definition) is 1. The lowest BCUT2D eigenvalue weighted by Gasteiger charge is -2.28.